The fourth-order valence-corrected chi connectivity index (χ4v) is 3.41. The quantitative estimate of drug-likeness (QED) is 0.294. The molecule has 0 aromatic heterocycles. The maximum atomic E-state index is 10.6. The van der Waals surface area contributed by atoms with E-state index in [9.17, 15) is 28.7 Å². The van der Waals surface area contributed by atoms with Gasteiger partial charge >= 0.3 is 0 Å². The summed E-state index contributed by atoms with van der Waals surface area (Å²) in [4.78, 5) is 43.5. The van der Waals surface area contributed by atoms with Crippen LogP contribution >= 0.6 is 15.2 Å². The van der Waals surface area contributed by atoms with Gasteiger partial charge in [-0.25, -0.2) is 0 Å². The van der Waals surface area contributed by atoms with E-state index >= 15 is 0 Å². The van der Waals surface area contributed by atoms with Crippen LogP contribution in [0.3, 0.4) is 0 Å². The van der Waals surface area contributed by atoms with E-state index in [1.807, 2.05) is 0 Å². The summed E-state index contributed by atoms with van der Waals surface area (Å²) >= 11 is 0. The molecule has 0 spiro atoms. The van der Waals surface area contributed by atoms with E-state index in [2.05, 4.69) is 6.92 Å². The third-order valence-electron chi connectivity index (χ3n) is 2.57. The number of rotatable bonds is 11. The predicted molar refractivity (Wildman–Crippen MR) is 89.0 cm³/mol. The van der Waals surface area contributed by atoms with Crippen LogP contribution in [0.4, 0.5) is 0 Å². The summed E-state index contributed by atoms with van der Waals surface area (Å²) in [6.45, 7) is 2.22. The van der Waals surface area contributed by atoms with Crippen molar-refractivity contribution in [3.05, 3.63) is 0 Å². The topological polar surface area (TPSA) is 276 Å². The maximum absolute atomic E-state index is 10.6. The van der Waals surface area contributed by atoms with Crippen molar-refractivity contribution in [1.82, 2.24) is 29.5 Å². The van der Waals surface area contributed by atoms with Crippen LogP contribution in [0.2, 0.25) is 0 Å². The SMILES string of the molecule is CCCCCCCCN(CP(=O)([O-])[O-])CP(=O)([O-])[O-].[NH4+].[NH4+].[NH4+].[NH4+]. The van der Waals surface area contributed by atoms with Gasteiger partial charge in [0, 0.05) is 12.6 Å². The highest BCUT2D eigenvalue weighted by Crippen LogP contribution is 2.30. The molecule has 0 aliphatic carbocycles. The Labute approximate surface area is 138 Å². The van der Waals surface area contributed by atoms with Crippen LogP contribution in [0.15, 0.2) is 0 Å². The first-order valence-corrected chi connectivity index (χ1v) is 9.84. The zero-order chi connectivity index (χ0) is 14.9. The second-order valence-corrected chi connectivity index (χ2v) is 7.68. The highest BCUT2D eigenvalue weighted by atomic mass is 31.2. The van der Waals surface area contributed by atoms with E-state index in [0.29, 0.717) is 6.42 Å². The lowest BCUT2D eigenvalue weighted by Crippen LogP contribution is -2.36. The van der Waals surface area contributed by atoms with Gasteiger partial charge in [-0.2, -0.15) is 0 Å². The monoisotopic (exact) mass is 385 g/mol. The van der Waals surface area contributed by atoms with Crippen molar-refractivity contribution in [2.24, 2.45) is 0 Å². The van der Waals surface area contributed by atoms with Crippen molar-refractivity contribution in [3.8, 4) is 0 Å². The Morgan fingerprint density at radius 3 is 1.39 bits per heavy atom. The summed E-state index contributed by atoms with van der Waals surface area (Å²) < 4.78 is 21.3. The average molecular weight is 385 g/mol. The molecular formula is C10H37N5O6P2. The minimum Gasteiger partial charge on any atom is -0.810 e. The molecule has 0 rings (SSSR count). The lowest BCUT2D eigenvalue weighted by atomic mass is 10.1. The molecule has 0 unspecified atom stereocenters. The Balaban J connectivity index is -0.000000270. The van der Waals surface area contributed by atoms with Crippen molar-refractivity contribution in [3.63, 3.8) is 0 Å². The molecule has 0 aliphatic heterocycles. The smallest absolute Gasteiger partial charge is 0.0264 e. The summed E-state index contributed by atoms with van der Waals surface area (Å²) in [5.74, 6) is 0. The van der Waals surface area contributed by atoms with Crippen molar-refractivity contribution < 1.29 is 28.7 Å². The molecule has 0 radical (unpaired) electrons. The fourth-order valence-electron chi connectivity index (χ4n) is 1.79. The minimum absolute atomic E-state index is 0. The van der Waals surface area contributed by atoms with Crippen LogP contribution in [0, 0.1) is 0 Å². The second-order valence-electron chi connectivity index (χ2n) is 4.67. The van der Waals surface area contributed by atoms with Gasteiger partial charge in [0.2, 0.25) is 0 Å². The number of hydrogen-bond acceptors (Lipinski definition) is 7. The molecule has 11 nitrogen and oxygen atoms in total. The summed E-state index contributed by atoms with van der Waals surface area (Å²) in [7, 11) is -9.69. The number of unbranched alkanes of at least 4 members (excludes halogenated alkanes) is 5. The molecule has 0 saturated carbocycles. The highest BCUT2D eigenvalue weighted by molar-refractivity contribution is 7.49. The van der Waals surface area contributed by atoms with Crippen molar-refractivity contribution >= 4 is 15.2 Å². The molecule has 0 saturated heterocycles. The average Bonchev–Trinajstić information content (AvgIpc) is 2.18. The molecule has 0 heterocycles. The largest absolute Gasteiger partial charge is 0.810 e. The van der Waals surface area contributed by atoms with E-state index in [1.54, 1.807) is 0 Å². The normalized spacial score (nSPS) is 10.9. The maximum Gasteiger partial charge on any atom is 0.0264 e. The Morgan fingerprint density at radius 1 is 0.696 bits per heavy atom. The molecule has 0 atom stereocenters. The predicted octanol–water partition coefficient (Wildman–Crippen LogP) is 0.896. The summed E-state index contributed by atoms with van der Waals surface area (Å²) in [5, 5.41) is 0. The van der Waals surface area contributed by atoms with Gasteiger partial charge in [0.05, 0.1) is 0 Å². The first kappa shape index (κ1) is 34.4. The molecule has 148 valence electrons. The standard InChI is InChI=1S/C10H25NO6P2.4H3N/c1-2-3-4-5-6-7-8-11(9-18(12,13)14)10-19(15,16)17;;;;/h2-10H2,1H3,(H2,12,13,14)(H2,15,16,17);4*1H3. The molecule has 0 aliphatic rings. The van der Waals surface area contributed by atoms with Crippen molar-refractivity contribution in [2.45, 2.75) is 45.4 Å². The molecule has 0 bridgehead atoms. The minimum atomic E-state index is -4.85. The van der Waals surface area contributed by atoms with E-state index in [-0.39, 0.29) is 31.1 Å². The summed E-state index contributed by atoms with van der Waals surface area (Å²) in [5.41, 5.74) is 0. The van der Waals surface area contributed by atoms with E-state index in [1.165, 1.54) is 0 Å². The summed E-state index contributed by atoms with van der Waals surface area (Å²) in [6, 6.07) is 0. The van der Waals surface area contributed by atoms with Gasteiger partial charge < -0.3 is 53.3 Å². The number of nitrogens with zero attached hydrogens (tertiary/aromatic N) is 1. The van der Waals surface area contributed by atoms with Crippen LogP contribution in [0.1, 0.15) is 45.4 Å². The lowest BCUT2D eigenvalue weighted by Gasteiger charge is -2.41. The molecule has 0 aromatic carbocycles. The second kappa shape index (κ2) is 16.9. The third-order valence-corrected chi connectivity index (χ3v) is 4.07. The first-order chi connectivity index (χ1) is 8.64. The number of hydrogen-bond donors (Lipinski definition) is 4. The summed E-state index contributed by atoms with van der Waals surface area (Å²) in [6.07, 6.45) is 3.85. The van der Waals surface area contributed by atoms with Crippen LogP contribution < -0.4 is 44.2 Å². The molecule has 23 heavy (non-hydrogen) atoms. The van der Waals surface area contributed by atoms with Gasteiger partial charge in [-0.1, -0.05) is 54.2 Å². The van der Waals surface area contributed by atoms with Crippen LogP contribution in [0.5, 0.6) is 0 Å². The molecule has 0 amide bonds. The van der Waals surface area contributed by atoms with Gasteiger partial charge in [0.25, 0.3) is 0 Å². The van der Waals surface area contributed by atoms with E-state index in [0.717, 1.165) is 37.0 Å². The molecule has 0 fully saturated rings. The van der Waals surface area contributed by atoms with Gasteiger partial charge in [0.15, 0.2) is 0 Å². The van der Waals surface area contributed by atoms with Crippen LogP contribution in [-0.4, -0.2) is 24.0 Å². The Bertz CT molecular complexity index is 314. The number of quaternary nitrogens is 4. The van der Waals surface area contributed by atoms with Gasteiger partial charge in [-0.15, -0.1) is 0 Å². The van der Waals surface area contributed by atoms with Gasteiger partial charge in [-0.05, 0) is 13.0 Å². The Morgan fingerprint density at radius 2 is 1.04 bits per heavy atom. The van der Waals surface area contributed by atoms with Crippen LogP contribution in [0.25, 0.3) is 0 Å². The van der Waals surface area contributed by atoms with Crippen molar-refractivity contribution in [2.75, 3.05) is 19.1 Å². The molecular weight excluding hydrogens is 348 g/mol. The third kappa shape index (κ3) is 27.3. The van der Waals surface area contributed by atoms with E-state index < -0.39 is 27.8 Å². The lowest BCUT2D eigenvalue weighted by molar-refractivity contribution is -0.318. The molecule has 13 heteroatoms. The van der Waals surface area contributed by atoms with Gasteiger partial charge in [-0.3, -0.25) is 4.90 Å². The fraction of sp³-hybridized carbons (Fsp3) is 1.00. The first-order valence-electron chi connectivity index (χ1n) is 6.38. The van der Waals surface area contributed by atoms with Crippen LogP contribution in [-0.2, 0) is 9.13 Å². The van der Waals surface area contributed by atoms with Crippen molar-refractivity contribution in [1.29, 1.82) is 0 Å². The Hall–Kier alpha value is 0.100. The zero-order valence-corrected chi connectivity index (χ0v) is 16.9. The van der Waals surface area contributed by atoms with E-state index in [4.69, 9.17) is 0 Å². The molecule has 0 aromatic rings. The Kier molecular flexibility index (Phi) is 25.4. The molecule has 16 N–H and O–H groups in total. The zero-order valence-electron chi connectivity index (χ0n) is 15.2. The van der Waals surface area contributed by atoms with Gasteiger partial charge in [0.1, 0.15) is 0 Å². The highest BCUT2D eigenvalue weighted by Gasteiger charge is 2.08.